The third kappa shape index (κ3) is 7.23. The Balaban J connectivity index is 3.86. The molecule has 5 nitrogen and oxygen atoms in total. The van der Waals surface area contributed by atoms with Crippen molar-refractivity contribution in [1.82, 2.24) is 5.32 Å². The maximum Gasteiger partial charge on any atom is 0.306 e. The van der Waals surface area contributed by atoms with Crippen molar-refractivity contribution in [1.29, 1.82) is 0 Å². The summed E-state index contributed by atoms with van der Waals surface area (Å²) < 4.78 is 9.69. The molecular formula is C11H21NO4. The third-order valence-corrected chi connectivity index (χ3v) is 1.84. The van der Waals surface area contributed by atoms with E-state index in [1.807, 2.05) is 13.8 Å². The average molecular weight is 231 g/mol. The highest BCUT2D eigenvalue weighted by molar-refractivity contribution is 5.81. The first kappa shape index (κ1) is 14.9. The van der Waals surface area contributed by atoms with Crippen molar-refractivity contribution in [3.05, 3.63) is 0 Å². The lowest BCUT2D eigenvalue weighted by Gasteiger charge is -2.25. The van der Waals surface area contributed by atoms with E-state index < -0.39 is 5.54 Å². The Kier molecular flexibility index (Phi) is 6.72. The fourth-order valence-corrected chi connectivity index (χ4v) is 1.29. The minimum atomic E-state index is -0.416. The molecule has 0 aromatic rings. The number of amides is 1. The second-order valence-electron chi connectivity index (χ2n) is 4.17. The topological polar surface area (TPSA) is 64.6 Å². The van der Waals surface area contributed by atoms with E-state index in [2.05, 4.69) is 5.32 Å². The van der Waals surface area contributed by atoms with E-state index in [9.17, 15) is 9.59 Å². The molecule has 0 unspecified atom stereocenters. The Morgan fingerprint density at radius 3 is 2.38 bits per heavy atom. The Bertz CT molecular complexity index is 238. The second kappa shape index (κ2) is 7.22. The minimum absolute atomic E-state index is 0.114. The number of esters is 1. The van der Waals surface area contributed by atoms with Crippen molar-refractivity contribution in [2.24, 2.45) is 0 Å². The molecule has 0 saturated heterocycles. The van der Waals surface area contributed by atoms with Crippen LogP contribution >= 0.6 is 0 Å². The highest BCUT2D eigenvalue weighted by Gasteiger charge is 2.20. The first-order valence-electron chi connectivity index (χ1n) is 5.37. The van der Waals surface area contributed by atoms with Gasteiger partial charge < -0.3 is 14.8 Å². The smallest absolute Gasteiger partial charge is 0.306 e. The van der Waals surface area contributed by atoms with Gasteiger partial charge in [0.1, 0.15) is 0 Å². The fraction of sp³-hybridized carbons (Fsp3) is 0.818. The van der Waals surface area contributed by atoms with Crippen molar-refractivity contribution in [2.45, 2.75) is 39.2 Å². The number of rotatable bonds is 7. The van der Waals surface area contributed by atoms with Crippen LogP contribution in [0, 0.1) is 0 Å². The van der Waals surface area contributed by atoms with Gasteiger partial charge in [-0.3, -0.25) is 9.59 Å². The van der Waals surface area contributed by atoms with Gasteiger partial charge in [-0.1, -0.05) is 0 Å². The van der Waals surface area contributed by atoms with Crippen LogP contribution < -0.4 is 5.32 Å². The molecule has 0 aromatic carbocycles. The van der Waals surface area contributed by atoms with Gasteiger partial charge in [0.15, 0.2) is 0 Å². The van der Waals surface area contributed by atoms with E-state index >= 15 is 0 Å². The van der Waals surface area contributed by atoms with Crippen molar-refractivity contribution in [2.75, 3.05) is 20.3 Å². The number of methoxy groups -OCH3 is 1. The van der Waals surface area contributed by atoms with Crippen LogP contribution in [0.5, 0.6) is 0 Å². The largest absolute Gasteiger partial charge is 0.466 e. The van der Waals surface area contributed by atoms with E-state index in [1.54, 1.807) is 14.0 Å². The zero-order valence-electron chi connectivity index (χ0n) is 10.5. The molecule has 0 fully saturated rings. The van der Waals surface area contributed by atoms with E-state index in [1.165, 1.54) is 0 Å². The van der Waals surface area contributed by atoms with Gasteiger partial charge in [0.05, 0.1) is 25.2 Å². The zero-order valence-corrected chi connectivity index (χ0v) is 10.5. The van der Waals surface area contributed by atoms with Gasteiger partial charge in [0.25, 0.3) is 0 Å². The maximum absolute atomic E-state index is 11.5. The van der Waals surface area contributed by atoms with Gasteiger partial charge in [0.2, 0.25) is 5.91 Å². The van der Waals surface area contributed by atoms with E-state index in [-0.39, 0.29) is 24.7 Å². The van der Waals surface area contributed by atoms with Gasteiger partial charge in [-0.25, -0.2) is 0 Å². The molecule has 0 rings (SSSR count). The minimum Gasteiger partial charge on any atom is -0.466 e. The molecule has 16 heavy (non-hydrogen) atoms. The molecule has 0 heterocycles. The molecule has 0 aromatic heterocycles. The zero-order chi connectivity index (χ0) is 12.6. The normalized spacial score (nSPS) is 11.0. The Hall–Kier alpha value is -1.10. The van der Waals surface area contributed by atoms with E-state index in [0.717, 1.165) is 0 Å². The summed E-state index contributed by atoms with van der Waals surface area (Å²) in [6, 6.07) is 0. The highest BCUT2D eigenvalue weighted by atomic mass is 16.5. The molecule has 0 saturated carbocycles. The maximum atomic E-state index is 11.5. The Labute approximate surface area is 96.5 Å². The molecule has 0 radical (unpaired) electrons. The van der Waals surface area contributed by atoms with Gasteiger partial charge in [-0.2, -0.15) is 0 Å². The molecule has 0 bridgehead atoms. The molecule has 5 heteroatoms. The van der Waals surface area contributed by atoms with Crippen LogP contribution in [0.25, 0.3) is 0 Å². The molecule has 0 aliphatic carbocycles. The monoisotopic (exact) mass is 231 g/mol. The molecule has 0 aliphatic rings. The van der Waals surface area contributed by atoms with Crippen LogP contribution in [0.4, 0.5) is 0 Å². The Morgan fingerprint density at radius 2 is 1.88 bits per heavy atom. The van der Waals surface area contributed by atoms with Crippen molar-refractivity contribution in [3.63, 3.8) is 0 Å². The first-order valence-corrected chi connectivity index (χ1v) is 5.37. The predicted octanol–water partition coefficient (Wildman–Crippen LogP) is 0.871. The van der Waals surface area contributed by atoms with Crippen LogP contribution in [0.2, 0.25) is 0 Å². The van der Waals surface area contributed by atoms with Gasteiger partial charge in [-0.15, -0.1) is 0 Å². The molecular weight excluding hydrogens is 210 g/mol. The third-order valence-electron chi connectivity index (χ3n) is 1.84. The summed E-state index contributed by atoms with van der Waals surface area (Å²) in [5.74, 6) is -0.516. The summed E-state index contributed by atoms with van der Waals surface area (Å²) in [5.41, 5.74) is -0.416. The number of ether oxygens (including phenoxy) is 2. The second-order valence-corrected chi connectivity index (χ2v) is 4.17. The predicted molar refractivity (Wildman–Crippen MR) is 60.0 cm³/mol. The van der Waals surface area contributed by atoms with Crippen molar-refractivity contribution in [3.8, 4) is 0 Å². The summed E-state index contributed by atoms with van der Waals surface area (Å²) in [6.45, 7) is 6.23. The fourth-order valence-electron chi connectivity index (χ4n) is 1.29. The lowest BCUT2D eigenvalue weighted by Crippen LogP contribution is -2.46. The lowest BCUT2D eigenvalue weighted by atomic mass is 10.1. The standard InChI is InChI=1S/C11H21NO4/c1-5-16-10(14)7-6-9(13)12-11(2,3)8-15-4/h5-8H2,1-4H3,(H,12,13). The van der Waals surface area contributed by atoms with Crippen molar-refractivity contribution >= 4 is 11.9 Å². The summed E-state index contributed by atoms with van der Waals surface area (Å²) >= 11 is 0. The molecule has 0 atom stereocenters. The molecule has 1 amide bonds. The average Bonchev–Trinajstić information content (AvgIpc) is 2.14. The number of hydrogen-bond donors (Lipinski definition) is 1. The van der Waals surface area contributed by atoms with Gasteiger partial charge in [-0.05, 0) is 20.8 Å². The van der Waals surface area contributed by atoms with Crippen LogP contribution in [0.3, 0.4) is 0 Å². The lowest BCUT2D eigenvalue weighted by molar-refractivity contribution is -0.144. The first-order chi connectivity index (χ1) is 7.41. The summed E-state index contributed by atoms with van der Waals surface area (Å²) in [4.78, 5) is 22.5. The number of nitrogens with one attached hydrogen (secondary N) is 1. The van der Waals surface area contributed by atoms with E-state index in [4.69, 9.17) is 9.47 Å². The van der Waals surface area contributed by atoms with Gasteiger partial charge in [0, 0.05) is 13.5 Å². The molecule has 94 valence electrons. The van der Waals surface area contributed by atoms with Gasteiger partial charge >= 0.3 is 5.97 Å². The van der Waals surface area contributed by atoms with Crippen molar-refractivity contribution < 1.29 is 19.1 Å². The number of hydrogen-bond acceptors (Lipinski definition) is 4. The van der Waals surface area contributed by atoms with Crippen LogP contribution in [-0.4, -0.2) is 37.7 Å². The van der Waals surface area contributed by atoms with Crippen LogP contribution in [0.15, 0.2) is 0 Å². The molecule has 0 spiro atoms. The SMILES string of the molecule is CCOC(=O)CCC(=O)NC(C)(C)COC. The Morgan fingerprint density at radius 1 is 1.25 bits per heavy atom. The number of carbonyl (C=O) groups excluding carboxylic acids is 2. The highest BCUT2D eigenvalue weighted by Crippen LogP contribution is 2.03. The molecule has 1 N–H and O–H groups in total. The summed E-state index contributed by atoms with van der Waals surface area (Å²) in [6.07, 6.45) is 0.259. The molecule has 0 aliphatic heterocycles. The summed E-state index contributed by atoms with van der Waals surface area (Å²) in [7, 11) is 1.58. The number of carbonyl (C=O) groups is 2. The van der Waals surface area contributed by atoms with E-state index in [0.29, 0.717) is 13.2 Å². The quantitative estimate of drug-likeness (QED) is 0.660. The van der Waals surface area contributed by atoms with Crippen LogP contribution in [-0.2, 0) is 19.1 Å². The van der Waals surface area contributed by atoms with Crippen LogP contribution in [0.1, 0.15) is 33.6 Å². The summed E-state index contributed by atoms with van der Waals surface area (Å²) in [5, 5.41) is 2.78.